The summed E-state index contributed by atoms with van der Waals surface area (Å²) in [6, 6.07) is 3.72. The highest BCUT2D eigenvalue weighted by Crippen LogP contribution is 2.28. The first kappa shape index (κ1) is 17.8. The molecule has 0 saturated heterocycles. The van der Waals surface area contributed by atoms with E-state index in [0.29, 0.717) is 17.8 Å². The van der Waals surface area contributed by atoms with E-state index < -0.39 is 18.5 Å². The average molecular weight is 306 g/mol. The van der Waals surface area contributed by atoms with E-state index in [1.807, 2.05) is 13.8 Å². The smallest absolute Gasteiger partial charge is 0.360 e. The summed E-state index contributed by atoms with van der Waals surface area (Å²) < 4.78 is 51.6. The van der Waals surface area contributed by atoms with Crippen molar-refractivity contribution in [2.45, 2.75) is 52.5 Å². The van der Waals surface area contributed by atoms with Crippen LogP contribution < -0.4 is 10.2 Å². The fraction of sp³-hybridized carbons (Fsp3) is 0.600. The lowest BCUT2D eigenvalue weighted by atomic mass is 10.1. The van der Waals surface area contributed by atoms with E-state index in [2.05, 4.69) is 5.32 Å². The van der Waals surface area contributed by atoms with Gasteiger partial charge in [0.05, 0.1) is 0 Å². The minimum Gasteiger partial charge on any atom is -0.360 e. The Bertz CT molecular complexity index is 455. The van der Waals surface area contributed by atoms with Crippen molar-refractivity contribution in [3.8, 4) is 0 Å². The van der Waals surface area contributed by atoms with Crippen LogP contribution in [0.5, 0.6) is 0 Å². The van der Waals surface area contributed by atoms with Gasteiger partial charge in [-0.05, 0) is 37.6 Å². The fourth-order valence-corrected chi connectivity index (χ4v) is 2.03. The Kier molecular flexibility index (Phi) is 6.01. The van der Waals surface area contributed by atoms with Crippen molar-refractivity contribution in [2.75, 3.05) is 11.4 Å². The predicted octanol–water partition coefficient (Wildman–Crippen LogP) is 4.10. The van der Waals surface area contributed by atoms with Gasteiger partial charge in [-0.1, -0.05) is 13.8 Å². The Morgan fingerprint density at radius 3 is 2.24 bits per heavy atom. The molecule has 0 fully saturated rings. The van der Waals surface area contributed by atoms with E-state index in [9.17, 15) is 17.6 Å². The highest BCUT2D eigenvalue weighted by molar-refractivity contribution is 5.54. The fourth-order valence-electron chi connectivity index (χ4n) is 2.03. The summed E-state index contributed by atoms with van der Waals surface area (Å²) in [7, 11) is 0. The second-order valence-corrected chi connectivity index (χ2v) is 5.65. The number of anilines is 1. The second-order valence-electron chi connectivity index (χ2n) is 5.65. The van der Waals surface area contributed by atoms with Crippen LogP contribution in [-0.2, 0) is 6.54 Å². The van der Waals surface area contributed by atoms with Crippen molar-refractivity contribution < 1.29 is 17.6 Å². The lowest BCUT2D eigenvalue weighted by Crippen LogP contribution is -2.40. The highest BCUT2D eigenvalue weighted by Gasteiger charge is 2.32. The number of hydrogen-bond acceptors (Lipinski definition) is 2. The minimum absolute atomic E-state index is 0.163. The van der Waals surface area contributed by atoms with Gasteiger partial charge in [-0.3, -0.25) is 0 Å². The number of nitrogens with zero attached hydrogens (tertiary/aromatic N) is 1. The minimum atomic E-state index is -4.30. The van der Waals surface area contributed by atoms with E-state index >= 15 is 0 Å². The first-order chi connectivity index (χ1) is 9.60. The molecule has 0 radical (unpaired) electrons. The molecular formula is C15H22F4N2. The van der Waals surface area contributed by atoms with Crippen LogP contribution in [0.1, 0.15) is 33.3 Å². The van der Waals surface area contributed by atoms with Crippen LogP contribution in [0.15, 0.2) is 18.2 Å². The van der Waals surface area contributed by atoms with Gasteiger partial charge in [0, 0.05) is 24.3 Å². The van der Waals surface area contributed by atoms with Crippen LogP contribution in [-0.4, -0.2) is 24.8 Å². The summed E-state index contributed by atoms with van der Waals surface area (Å²) >= 11 is 0. The highest BCUT2D eigenvalue weighted by atomic mass is 19.4. The van der Waals surface area contributed by atoms with Crippen LogP contribution in [0, 0.1) is 5.82 Å². The van der Waals surface area contributed by atoms with Crippen LogP contribution in [0.25, 0.3) is 0 Å². The molecule has 0 aliphatic rings. The SMILES string of the molecule is CC(C)NCc1cc(F)ccc1N(CC(F)(F)F)C(C)C. The summed E-state index contributed by atoms with van der Waals surface area (Å²) in [5, 5.41) is 3.11. The Hall–Kier alpha value is -1.30. The van der Waals surface area contributed by atoms with E-state index in [1.165, 1.54) is 23.1 Å². The number of rotatable bonds is 6. The van der Waals surface area contributed by atoms with Crippen LogP contribution in [0.2, 0.25) is 0 Å². The monoisotopic (exact) mass is 306 g/mol. The summed E-state index contributed by atoms with van der Waals surface area (Å²) in [5.41, 5.74) is 0.943. The Labute approximate surface area is 123 Å². The first-order valence-electron chi connectivity index (χ1n) is 6.95. The van der Waals surface area contributed by atoms with Gasteiger partial charge in [-0.2, -0.15) is 13.2 Å². The topological polar surface area (TPSA) is 15.3 Å². The van der Waals surface area contributed by atoms with Gasteiger partial charge in [-0.15, -0.1) is 0 Å². The molecule has 1 rings (SSSR count). The second kappa shape index (κ2) is 7.11. The summed E-state index contributed by atoms with van der Waals surface area (Å²) in [4.78, 5) is 1.25. The lowest BCUT2D eigenvalue weighted by molar-refractivity contribution is -0.120. The third kappa shape index (κ3) is 5.91. The molecule has 21 heavy (non-hydrogen) atoms. The Balaban J connectivity index is 3.11. The molecule has 6 heteroatoms. The van der Waals surface area contributed by atoms with Gasteiger partial charge in [-0.25, -0.2) is 4.39 Å². The van der Waals surface area contributed by atoms with Crippen LogP contribution in [0.3, 0.4) is 0 Å². The quantitative estimate of drug-likeness (QED) is 0.796. The predicted molar refractivity (Wildman–Crippen MR) is 76.9 cm³/mol. The van der Waals surface area contributed by atoms with Gasteiger partial charge in [0.25, 0.3) is 0 Å². The molecule has 1 aromatic rings. The average Bonchev–Trinajstić information content (AvgIpc) is 2.32. The van der Waals surface area contributed by atoms with E-state index in [1.54, 1.807) is 13.8 Å². The van der Waals surface area contributed by atoms with Crippen LogP contribution in [0.4, 0.5) is 23.2 Å². The molecule has 1 N–H and O–H groups in total. The normalized spacial score (nSPS) is 12.3. The molecule has 0 atom stereocenters. The maximum absolute atomic E-state index is 13.4. The zero-order valence-electron chi connectivity index (χ0n) is 12.8. The largest absolute Gasteiger partial charge is 0.405 e. The van der Waals surface area contributed by atoms with Crippen LogP contribution >= 0.6 is 0 Å². The molecule has 1 aromatic carbocycles. The summed E-state index contributed by atoms with van der Waals surface area (Å²) in [5.74, 6) is -0.449. The van der Waals surface area contributed by atoms with Crippen molar-refractivity contribution in [1.29, 1.82) is 0 Å². The zero-order chi connectivity index (χ0) is 16.2. The summed E-state index contributed by atoms with van der Waals surface area (Å²) in [6.07, 6.45) is -4.30. The zero-order valence-corrected chi connectivity index (χ0v) is 12.8. The molecular weight excluding hydrogens is 284 g/mol. The Morgan fingerprint density at radius 2 is 1.76 bits per heavy atom. The van der Waals surface area contributed by atoms with Crippen molar-refractivity contribution in [3.05, 3.63) is 29.6 Å². The molecule has 0 amide bonds. The lowest BCUT2D eigenvalue weighted by Gasteiger charge is -2.32. The number of alkyl halides is 3. The van der Waals surface area contributed by atoms with Gasteiger partial charge >= 0.3 is 6.18 Å². The van der Waals surface area contributed by atoms with E-state index in [-0.39, 0.29) is 12.1 Å². The number of hydrogen-bond donors (Lipinski definition) is 1. The molecule has 0 aliphatic heterocycles. The molecule has 0 spiro atoms. The molecule has 0 aromatic heterocycles. The van der Waals surface area contributed by atoms with Gasteiger partial charge in [0.2, 0.25) is 0 Å². The molecule has 0 aliphatic carbocycles. The van der Waals surface area contributed by atoms with Gasteiger partial charge in [0.1, 0.15) is 12.4 Å². The molecule has 0 bridgehead atoms. The number of nitrogens with one attached hydrogen (secondary N) is 1. The van der Waals surface area contributed by atoms with Crippen molar-refractivity contribution >= 4 is 5.69 Å². The van der Waals surface area contributed by atoms with E-state index in [0.717, 1.165) is 0 Å². The standard InChI is InChI=1S/C15H22F4N2/c1-10(2)20-8-12-7-13(16)5-6-14(12)21(11(3)4)9-15(17,18)19/h5-7,10-11,20H,8-9H2,1-4H3. The summed E-state index contributed by atoms with van der Waals surface area (Å²) in [6.45, 7) is 6.50. The molecule has 2 nitrogen and oxygen atoms in total. The maximum Gasteiger partial charge on any atom is 0.405 e. The maximum atomic E-state index is 13.4. The Morgan fingerprint density at radius 1 is 1.14 bits per heavy atom. The first-order valence-corrected chi connectivity index (χ1v) is 6.95. The van der Waals surface area contributed by atoms with E-state index in [4.69, 9.17) is 0 Å². The molecule has 0 unspecified atom stereocenters. The van der Waals surface area contributed by atoms with Crippen molar-refractivity contribution in [3.63, 3.8) is 0 Å². The van der Waals surface area contributed by atoms with Crippen molar-refractivity contribution in [1.82, 2.24) is 5.32 Å². The number of halogens is 4. The third-order valence-corrected chi connectivity index (χ3v) is 3.02. The van der Waals surface area contributed by atoms with Crippen molar-refractivity contribution in [2.24, 2.45) is 0 Å². The molecule has 120 valence electrons. The molecule has 0 heterocycles. The van der Waals surface area contributed by atoms with Gasteiger partial charge in [0.15, 0.2) is 0 Å². The molecule has 0 saturated carbocycles. The number of benzene rings is 1. The third-order valence-electron chi connectivity index (χ3n) is 3.02. The van der Waals surface area contributed by atoms with Gasteiger partial charge < -0.3 is 10.2 Å².